The van der Waals surface area contributed by atoms with E-state index in [0.717, 1.165) is 32.1 Å². The zero-order valence-electron chi connectivity index (χ0n) is 31.5. The van der Waals surface area contributed by atoms with E-state index in [-0.39, 0.29) is 19.4 Å². The molecule has 0 aliphatic heterocycles. The minimum Gasteiger partial charge on any atom is -0.462 e. The van der Waals surface area contributed by atoms with E-state index in [9.17, 15) is 14.2 Å². The number of esters is 2. The molecule has 0 aromatic rings. The molecule has 0 aromatic heterocycles. The van der Waals surface area contributed by atoms with Gasteiger partial charge in [-0.25, -0.2) is 4.57 Å². The Labute approximate surface area is 305 Å². The van der Waals surface area contributed by atoms with Crippen LogP contribution >= 0.6 is 7.82 Å². The second-order valence-corrected chi connectivity index (χ2v) is 14.1. The van der Waals surface area contributed by atoms with Gasteiger partial charge >= 0.3 is 19.8 Å². The molecule has 0 unspecified atom stereocenters. The molecule has 0 radical (unpaired) electrons. The average molecular weight is 723 g/mol. The van der Waals surface area contributed by atoms with Gasteiger partial charge in [0.1, 0.15) is 6.61 Å². The van der Waals surface area contributed by atoms with Gasteiger partial charge in [-0.3, -0.25) is 14.1 Å². The Morgan fingerprint density at radius 2 is 0.940 bits per heavy atom. The second-order valence-electron chi connectivity index (χ2n) is 12.9. The number of unbranched alkanes of at least 4 members (excludes halogenated alkanes) is 15. The molecule has 0 saturated carbocycles. The highest BCUT2D eigenvalue weighted by atomic mass is 31.2. The smallest absolute Gasteiger partial charge is 0.462 e. The first-order valence-electron chi connectivity index (χ1n) is 19.6. The van der Waals surface area contributed by atoms with Gasteiger partial charge in [-0.1, -0.05) is 152 Å². The first-order chi connectivity index (χ1) is 24.3. The summed E-state index contributed by atoms with van der Waals surface area (Å²) in [6.07, 6.45) is 45.3. The molecule has 0 aromatic carbocycles. The fourth-order valence-electron chi connectivity index (χ4n) is 5.09. The molecule has 0 fully saturated rings. The molecule has 0 aliphatic rings. The van der Waals surface area contributed by atoms with Crippen LogP contribution in [0, 0.1) is 0 Å². The third-order valence-corrected chi connectivity index (χ3v) is 8.51. The number of phosphoric ester groups is 1. The largest absolute Gasteiger partial charge is 0.469 e. The molecule has 0 rings (SSSR count). The number of phosphoric acid groups is 1. The average Bonchev–Trinajstić information content (AvgIpc) is 3.08. The van der Waals surface area contributed by atoms with Crippen LogP contribution in [0.5, 0.6) is 0 Å². The summed E-state index contributed by atoms with van der Waals surface area (Å²) in [6.45, 7) is 3.57. The first-order valence-corrected chi connectivity index (χ1v) is 21.1. The summed E-state index contributed by atoms with van der Waals surface area (Å²) in [6, 6.07) is 0. The summed E-state index contributed by atoms with van der Waals surface area (Å²) < 4.78 is 26.2. The van der Waals surface area contributed by atoms with Crippen LogP contribution in [-0.2, 0) is 28.2 Å². The molecule has 50 heavy (non-hydrogen) atoms. The van der Waals surface area contributed by atoms with E-state index in [1.54, 1.807) is 0 Å². The van der Waals surface area contributed by atoms with Gasteiger partial charge in [-0.05, 0) is 64.2 Å². The van der Waals surface area contributed by atoms with Crippen LogP contribution in [0.1, 0.15) is 168 Å². The zero-order chi connectivity index (χ0) is 36.8. The highest BCUT2D eigenvalue weighted by molar-refractivity contribution is 7.46. The molecule has 0 amide bonds. The van der Waals surface area contributed by atoms with E-state index in [2.05, 4.69) is 67.0 Å². The van der Waals surface area contributed by atoms with Crippen molar-refractivity contribution in [1.82, 2.24) is 0 Å². The van der Waals surface area contributed by atoms with E-state index in [4.69, 9.17) is 19.3 Å². The molecule has 0 aliphatic carbocycles. The minimum absolute atomic E-state index is 0.127. The third kappa shape index (κ3) is 38.6. The van der Waals surface area contributed by atoms with E-state index in [1.165, 1.54) is 89.9 Å². The topological polar surface area (TPSA) is 119 Å². The van der Waals surface area contributed by atoms with Gasteiger partial charge < -0.3 is 19.3 Å². The summed E-state index contributed by atoms with van der Waals surface area (Å²) in [5.41, 5.74) is 0. The lowest BCUT2D eigenvalue weighted by Gasteiger charge is -2.18. The van der Waals surface area contributed by atoms with Gasteiger partial charge in [0.15, 0.2) is 6.10 Å². The quantitative estimate of drug-likeness (QED) is 0.0287. The number of hydrogen-bond donors (Lipinski definition) is 2. The third-order valence-electron chi connectivity index (χ3n) is 8.02. The van der Waals surface area contributed by atoms with E-state index in [1.807, 2.05) is 12.2 Å². The Morgan fingerprint density at radius 3 is 1.48 bits per heavy atom. The summed E-state index contributed by atoms with van der Waals surface area (Å²) in [5.74, 6) is -1.01. The maximum absolute atomic E-state index is 12.3. The molecule has 0 bridgehead atoms. The van der Waals surface area contributed by atoms with Crippen LogP contribution in [0.3, 0.4) is 0 Å². The van der Waals surface area contributed by atoms with Gasteiger partial charge in [-0.15, -0.1) is 0 Å². The Balaban J connectivity index is 4.10. The predicted molar refractivity (Wildman–Crippen MR) is 207 cm³/mol. The van der Waals surface area contributed by atoms with Crippen molar-refractivity contribution in [3.8, 4) is 0 Å². The lowest BCUT2D eigenvalue weighted by atomic mass is 10.1. The molecule has 9 heteroatoms. The van der Waals surface area contributed by atoms with Crippen molar-refractivity contribution < 1.29 is 37.9 Å². The number of carbonyl (C=O) groups excluding carboxylic acids is 2. The van der Waals surface area contributed by atoms with Crippen molar-refractivity contribution in [1.29, 1.82) is 0 Å². The number of allylic oxidation sites excluding steroid dienone is 10. The highest BCUT2D eigenvalue weighted by Gasteiger charge is 2.22. The van der Waals surface area contributed by atoms with Crippen LogP contribution in [0.15, 0.2) is 60.8 Å². The number of ether oxygens (including phenoxy) is 2. The lowest BCUT2D eigenvalue weighted by molar-refractivity contribution is -0.161. The molecule has 0 heterocycles. The van der Waals surface area contributed by atoms with Crippen LogP contribution in [0.25, 0.3) is 0 Å². The summed E-state index contributed by atoms with van der Waals surface area (Å²) >= 11 is 0. The van der Waals surface area contributed by atoms with Gasteiger partial charge in [0.2, 0.25) is 0 Å². The number of hydrogen-bond acceptors (Lipinski definition) is 6. The van der Waals surface area contributed by atoms with Crippen molar-refractivity contribution in [3.05, 3.63) is 60.8 Å². The molecule has 1 atom stereocenters. The van der Waals surface area contributed by atoms with E-state index < -0.39 is 32.5 Å². The standard InChI is InChI=1S/C41H71O8P/c1-3-5-7-9-11-13-15-17-19-20-22-24-26-28-30-32-34-36-41(43)49-39(38-48-50(44,45)46)37-47-40(42)35-33-31-29-27-25-23-21-18-16-14-12-10-8-6-4-2/h11,13,17,19,22,24,28-31,39H,3-10,12,14-16,18,20-21,23,25-27,32-38H2,1-2H3,(H2,44,45,46)/b13-11+,19-17+,24-22+,30-28+,31-29+/t39-/m1/s1. The molecule has 288 valence electrons. The van der Waals surface area contributed by atoms with Crippen LogP contribution in [0.2, 0.25) is 0 Å². The second kappa shape index (κ2) is 36.5. The van der Waals surface area contributed by atoms with Gasteiger partial charge in [-0.2, -0.15) is 0 Å². The van der Waals surface area contributed by atoms with E-state index in [0.29, 0.717) is 19.3 Å². The van der Waals surface area contributed by atoms with Gasteiger partial charge in [0.05, 0.1) is 6.61 Å². The zero-order valence-corrected chi connectivity index (χ0v) is 32.4. The van der Waals surface area contributed by atoms with Crippen LogP contribution in [-0.4, -0.2) is 41.0 Å². The highest BCUT2D eigenvalue weighted by Crippen LogP contribution is 2.35. The van der Waals surface area contributed by atoms with Crippen LogP contribution in [0.4, 0.5) is 0 Å². The van der Waals surface area contributed by atoms with Gasteiger partial charge in [0.25, 0.3) is 0 Å². The lowest BCUT2D eigenvalue weighted by Crippen LogP contribution is -2.29. The Hall–Kier alpha value is -2.25. The number of carbonyl (C=O) groups is 2. The molecule has 2 N–H and O–H groups in total. The molecular formula is C41H71O8P. The normalized spacial score (nSPS) is 13.1. The van der Waals surface area contributed by atoms with Gasteiger partial charge in [0, 0.05) is 12.8 Å². The molecule has 0 spiro atoms. The monoisotopic (exact) mass is 722 g/mol. The number of rotatable bonds is 35. The van der Waals surface area contributed by atoms with Crippen molar-refractivity contribution in [3.63, 3.8) is 0 Å². The fraction of sp³-hybridized carbons (Fsp3) is 0.707. The summed E-state index contributed by atoms with van der Waals surface area (Å²) in [4.78, 5) is 42.7. The summed E-state index contributed by atoms with van der Waals surface area (Å²) in [7, 11) is -4.77. The molecular weight excluding hydrogens is 651 g/mol. The van der Waals surface area contributed by atoms with Crippen molar-refractivity contribution in [2.45, 2.75) is 174 Å². The molecule has 8 nitrogen and oxygen atoms in total. The molecule has 0 saturated heterocycles. The predicted octanol–water partition coefficient (Wildman–Crippen LogP) is 11.7. The minimum atomic E-state index is -4.77. The summed E-state index contributed by atoms with van der Waals surface area (Å²) in [5, 5.41) is 0. The Bertz CT molecular complexity index is 995. The Morgan fingerprint density at radius 1 is 0.520 bits per heavy atom. The fourth-order valence-corrected chi connectivity index (χ4v) is 5.45. The van der Waals surface area contributed by atoms with Crippen LogP contribution < -0.4 is 0 Å². The SMILES string of the molecule is CCCCC/C=C/C/C=C/C/C=C/C/C=C/CCCC(=O)O[C@H](COC(=O)CC/C=C/CCCCCCCCCCCCC)COP(=O)(O)O. The van der Waals surface area contributed by atoms with E-state index >= 15 is 0 Å². The van der Waals surface area contributed by atoms with Crippen molar-refractivity contribution in [2.75, 3.05) is 13.2 Å². The Kier molecular flexibility index (Phi) is 34.9. The van der Waals surface area contributed by atoms with Crippen molar-refractivity contribution >= 4 is 19.8 Å². The van der Waals surface area contributed by atoms with Crippen molar-refractivity contribution in [2.24, 2.45) is 0 Å². The maximum atomic E-state index is 12.3. The first kappa shape index (κ1) is 47.8. The maximum Gasteiger partial charge on any atom is 0.469 e.